The maximum atomic E-state index is 12.1. The number of nitriles is 1. The molecule has 0 saturated heterocycles. The van der Waals surface area contributed by atoms with Gasteiger partial charge in [-0.05, 0) is 42.0 Å². The largest absolute Gasteiger partial charge is 0.351 e. The van der Waals surface area contributed by atoms with Crippen LogP contribution in [0.1, 0.15) is 11.1 Å². The second-order valence-electron chi connectivity index (χ2n) is 4.80. The molecule has 23 heavy (non-hydrogen) atoms. The molecule has 0 aliphatic heterocycles. The predicted octanol–water partition coefficient (Wildman–Crippen LogP) is 2.30. The van der Waals surface area contributed by atoms with E-state index < -0.39 is 21.5 Å². The summed E-state index contributed by atoms with van der Waals surface area (Å²) in [5, 5.41) is 11.8. The smallest absolute Gasteiger partial charge is 0.235 e. The molecule has 0 atom stereocenters. The van der Waals surface area contributed by atoms with Crippen LogP contribution in [0.5, 0.6) is 0 Å². The Morgan fingerprint density at radius 1 is 1.17 bits per heavy atom. The monoisotopic (exact) mass is 348 g/mol. The van der Waals surface area contributed by atoms with Crippen molar-refractivity contribution < 1.29 is 13.2 Å². The second kappa shape index (κ2) is 7.27. The summed E-state index contributed by atoms with van der Waals surface area (Å²) in [5.74, 6) is -1.26. The lowest BCUT2D eigenvalue weighted by Crippen LogP contribution is -2.29. The maximum Gasteiger partial charge on any atom is 0.235 e. The van der Waals surface area contributed by atoms with Crippen molar-refractivity contribution in [2.24, 2.45) is 0 Å². The topological polar surface area (TPSA) is 87.0 Å². The van der Waals surface area contributed by atoms with Crippen LogP contribution >= 0.6 is 11.6 Å². The first kappa shape index (κ1) is 17.0. The minimum Gasteiger partial charge on any atom is -0.351 e. The molecule has 1 N–H and O–H groups in total. The molecule has 0 unspecified atom stereocenters. The summed E-state index contributed by atoms with van der Waals surface area (Å²) in [5.41, 5.74) is 1.20. The standard InChI is InChI=1S/C16H13ClN2O3S/c17-14-4-6-15(7-5-14)23(21,22)11-16(20)19-10-13-3-1-2-12(8-13)9-18/h1-8H,10-11H2,(H,19,20). The summed E-state index contributed by atoms with van der Waals surface area (Å²) in [4.78, 5) is 11.9. The number of halogens is 1. The van der Waals surface area contributed by atoms with Gasteiger partial charge < -0.3 is 5.32 Å². The highest BCUT2D eigenvalue weighted by Crippen LogP contribution is 2.15. The number of benzene rings is 2. The number of carbonyl (C=O) groups excluding carboxylic acids is 1. The van der Waals surface area contributed by atoms with Crippen LogP contribution in [-0.4, -0.2) is 20.1 Å². The molecule has 0 saturated carbocycles. The van der Waals surface area contributed by atoms with Crippen molar-refractivity contribution in [1.29, 1.82) is 5.26 Å². The van der Waals surface area contributed by atoms with E-state index in [1.807, 2.05) is 6.07 Å². The third-order valence-electron chi connectivity index (χ3n) is 3.04. The number of carbonyl (C=O) groups is 1. The SMILES string of the molecule is N#Cc1cccc(CNC(=O)CS(=O)(=O)c2ccc(Cl)cc2)c1. The van der Waals surface area contributed by atoms with Crippen molar-refractivity contribution in [2.75, 3.05) is 5.75 Å². The van der Waals surface area contributed by atoms with E-state index in [2.05, 4.69) is 5.32 Å². The van der Waals surface area contributed by atoms with E-state index in [4.69, 9.17) is 16.9 Å². The molecule has 0 aromatic heterocycles. The van der Waals surface area contributed by atoms with Crippen LogP contribution in [0.15, 0.2) is 53.4 Å². The number of sulfone groups is 1. The maximum absolute atomic E-state index is 12.1. The van der Waals surface area contributed by atoms with Crippen molar-refractivity contribution >= 4 is 27.3 Å². The zero-order chi connectivity index (χ0) is 16.9. The van der Waals surface area contributed by atoms with Gasteiger partial charge in [0.2, 0.25) is 5.91 Å². The molecule has 1 amide bonds. The predicted molar refractivity (Wildman–Crippen MR) is 86.5 cm³/mol. The zero-order valence-electron chi connectivity index (χ0n) is 12.0. The van der Waals surface area contributed by atoms with Gasteiger partial charge in [0.05, 0.1) is 16.5 Å². The normalized spacial score (nSPS) is 10.8. The van der Waals surface area contributed by atoms with Crippen molar-refractivity contribution in [1.82, 2.24) is 5.32 Å². The zero-order valence-corrected chi connectivity index (χ0v) is 13.6. The van der Waals surface area contributed by atoms with Crippen LogP contribution in [0.25, 0.3) is 0 Å². The molecule has 5 nitrogen and oxygen atoms in total. The molecule has 7 heteroatoms. The van der Waals surface area contributed by atoms with Gasteiger partial charge >= 0.3 is 0 Å². The molecule has 2 aromatic carbocycles. The van der Waals surface area contributed by atoms with Gasteiger partial charge in [0.1, 0.15) is 5.75 Å². The van der Waals surface area contributed by atoms with E-state index in [-0.39, 0.29) is 11.4 Å². The van der Waals surface area contributed by atoms with Gasteiger partial charge in [0, 0.05) is 11.6 Å². The van der Waals surface area contributed by atoms with E-state index in [1.54, 1.807) is 24.3 Å². The average molecular weight is 349 g/mol. The summed E-state index contributed by atoms with van der Waals surface area (Å²) < 4.78 is 24.2. The van der Waals surface area contributed by atoms with Crippen LogP contribution < -0.4 is 5.32 Å². The number of amides is 1. The minimum atomic E-state index is -3.72. The Hall–Kier alpha value is -2.36. The van der Waals surface area contributed by atoms with Crippen molar-refractivity contribution in [3.8, 4) is 6.07 Å². The van der Waals surface area contributed by atoms with Crippen LogP contribution in [-0.2, 0) is 21.2 Å². The van der Waals surface area contributed by atoms with Gasteiger partial charge in [-0.2, -0.15) is 5.26 Å². The Kier molecular flexibility index (Phi) is 5.37. The van der Waals surface area contributed by atoms with Crippen LogP contribution in [0.2, 0.25) is 5.02 Å². The molecular formula is C16H13ClN2O3S. The van der Waals surface area contributed by atoms with E-state index in [0.717, 1.165) is 5.56 Å². The Balaban J connectivity index is 1.99. The Morgan fingerprint density at radius 3 is 2.52 bits per heavy atom. The number of nitrogens with zero attached hydrogens (tertiary/aromatic N) is 1. The molecule has 2 rings (SSSR count). The summed E-state index contributed by atoms with van der Waals surface area (Å²) in [7, 11) is -3.72. The third kappa shape index (κ3) is 4.81. The van der Waals surface area contributed by atoms with E-state index in [1.165, 1.54) is 24.3 Å². The first-order valence-corrected chi connectivity index (χ1v) is 8.68. The highest BCUT2D eigenvalue weighted by Gasteiger charge is 2.19. The van der Waals surface area contributed by atoms with Crippen LogP contribution in [0, 0.1) is 11.3 Å². The Morgan fingerprint density at radius 2 is 1.87 bits per heavy atom. The van der Waals surface area contributed by atoms with Crippen molar-refractivity contribution in [2.45, 2.75) is 11.4 Å². The fourth-order valence-electron chi connectivity index (χ4n) is 1.90. The van der Waals surface area contributed by atoms with E-state index in [9.17, 15) is 13.2 Å². The first-order chi connectivity index (χ1) is 10.9. The molecular weight excluding hydrogens is 336 g/mol. The van der Waals surface area contributed by atoms with Crippen LogP contribution in [0.3, 0.4) is 0 Å². The molecule has 2 aromatic rings. The Bertz CT molecular complexity index is 856. The fraction of sp³-hybridized carbons (Fsp3) is 0.125. The highest BCUT2D eigenvalue weighted by molar-refractivity contribution is 7.92. The van der Waals surface area contributed by atoms with Crippen molar-refractivity contribution in [3.63, 3.8) is 0 Å². The van der Waals surface area contributed by atoms with Gasteiger partial charge in [-0.25, -0.2) is 8.42 Å². The summed E-state index contributed by atoms with van der Waals surface area (Å²) in [6, 6.07) is 14.4. The van der Waals surface area contributed by atoms with Gasteiger partial charge in [0.25, 0.3) is 0 Å². The number of rotatable bonds is 5. The average Bonchev–Trinajstić information content (AvgIpc) is 2.53. The van der Waals surface area contributed by atoms with E-state index >= 15 is 0 Å². The van der Waals surface area contributed by atoms with Gasteiger partial charge in [-0.1, -0.05) is 23.7 Å². The summed E-state index contributed by atoms with van der Waals surface area (Å²) in [6.45, 7) is 0.157. The molecule has 0 bridgehead atoms. The molecule has 0 heterocycles. The van der Waals surface area contributed by atoms with Gasteiger partial charge in [-0.3, -0.25) is 4.79 Å². The lowest BCUT2D eigenvalue weighted by atomic mass is 10.1. The number of hydrogen-bond donors (Lipinski definition) is 1. The quantitative estimate of drug-likeness (QED) is 0.898. The van der Waals surface area contributed by atoms with E-state index in [0.29, 0.717) is 10.6 Å². The molecule has 0 aliphatic carbocycles. The minimum absolute atomic E-state index is 0.0449. The molecule has 0 spiro atoms. The molecule has 0 fully saturated rings. The lowest BCUT2D eigenvalue weighted by molar-refractivity contribution is -0.118. The summed E-state index contributed by atoms with van der Waals surface area (Å²) in [6.07, 6.45) is 0. The molecule has 118 valence electrons. The van der Waals surface area contributed by atoms with Gasteiger partial charge in [-0.15, -0.1) is 0 Å². The lowest BCUT2D eigenvalue weighted by Gasteiger charge is -2.07. The van der Waals surface area contributed by atoms with Crippen LogP contribution in [0.4, 0.5) is 0 Å². The summed E-state index contributed by atoms with van der Waals surface area (Å²) >= 11 is 5.71. The molecule has 0 radical (unpaired) electrons. The number of nitrogens with one attached hydrogen (secondary N) is 1. The highest BCUT2D eigenvalue weighted by atomic mass is 35.5. The van der Waals surface area contributed by atoms with Crippen molar-refractivity contribution in [3.05, 3.63) is 64.7 Å². The Labute approximate surface area is 139 Å². The third-order valence-corrected chi connectivity index (χ3v) is 4.92. The second-order valence-corrected chi connectivity index (χ2v) is 7.23. The number of hydrogen-bond acceptors (Lipinski definition) is 4. The first-order valence-electron chi connectivity index (χ1n) is 6.65. The van der Waals surface area contributed by atoms with Gasteiger partial charge in [0.15, 0.2) is 9.84 Å². The fourth-order valence-corrected chi connectivity index (χ4v) is 3.19. The molecule has 0 aliphatic rings.